The minimum absolute atomic E-state index is 0.119. The molecular formula is C25H29N3O5. The van der Waals surface area contributed by atoms with Crippen LogP contribution in [-0.2, 0) is 15.0 Å². The summed E-state index contributed by atoms with van der Waals surface area (Å²) in [4.78, 5) is 26.3. The molecule has 1 aromatic heterocycles. The summed E-state index contributed by atoms with van der Waals surface area (Å²) in [5, 5.41) is 21.1. The number of piperidine rings is 1. The summed E-state index contributed by atoms with van der Waals surface area (Å²) in [5.74, 6) is -0.910. The van der Waals surface area contributed by atoms with Gasteiger partial charge in [-0.3, -0.25) is 0 Å². The zero-order valence-corrected chi connectivity index (χ0v) is 19.2. The Hall–Kier alpha value is -3.05. The Kier molecular flexibility index (Phi) is 4.94. The molecule has 2 saturated heterocycles. The molecule has 0 spiro atoms. The Bertz CT molecular complexity index is 1150. The van der Waals surface area contributed by atoms with Gasteiger partial charge >= 0.3 is 12.1 Å². The number of likely N-dealkylation sites (tertiary alicyclic amines) is 1. The van der Waals surface area contributed by atoms with Gasteiger partial charge in [0.1, 0.15) is 16.8 Å². The smallest absolute Gasteiger partial charge is 0.410 e. The van der Waals surface area contributed by atoms with Crippen LogP contribution < -0.4 is 0 Å². The second kappa shape index (κ2) is 7.49. The molecular weight excluding hydrogens is 422 g/mol. The van der Waals surface area contributed by atoms with E-state index in [4.69, 9.17) is 9.47 Å². The van der Waals surface area contributed by atoms with Gasteiger partial charge in [0.15, 0.2) is 0 Å². The Morgan fingerprint density at radius 1 is 1.18 bits per heavy atom. The molecule has 0 radical (unpaired) electrons. The van der Waals surface area contributed by atoms with Crippen molar-refractivity contribution in [3.05, 3.63) is 35.5 Å². The second-order valence-electron chi connectivity index (χ2n) is 10.4. The number of benzene rings is 1. The van der Waals surface area contributed by atoms with Crippen molar-refractivity contribution < 1.29 is 24.2 Å². The molecule has 1 aliphatic carbocycles. The van der Waals surface area contributed by atoms with E-state index in [1.807, 2.05) is 26.8 Å². The molecule has 5 rings (SSSR count). The quantitative estimate of drug-likeness (QED) is 0.758. The van der Waals surface area contributed by atoms with Gasteiger partial charge in [-0.05, 0) is 63.3 Å². The second-order valence-corrected chi connectivity index (χ2v) is 10.4. The van der Waals surface area contributed by atoms with Gasteiger partial charge in [0.25, 0.3) is 0 Å². The van der Waals surface area contributed by atoms with Crippen LogP contribution in [0.5, 0.6) is 0 Å². The van der Waals surface area contributed by atoms with Gasteiger partial charge in [-0.15, -0.1) is 0 Å². The monoisotopic (exact) mass is 451 g/mol. The molecule has 3 aliphatic rings. The van der Waals surface area contributed by atoms with E-state index in [1.165, 1.54) is 5.56 Å². The van der Waals surface area contributed by atoms with Gasteiger partial charge in [-0.1, -0.05) is 6.07 Å². The molecule has 33 heavy (non-hydrogen) atoms. The molecule has 3 fully saturated rings. The van der Waals surface area contributed by atoms with Crippen molar-refractivity contribution in [3.63, 3.8) is 0 Å². The van der Waals surface area contributed by atoms with Crippen molar-refractivity contribution in [1.29, 1.82) is 5.26 Å². The number of nitrogens with zero attached hydrogens (tertiary/aromatic N) is 3. The molecule has 1 amide bonds. The summed E-state index contributed by atoms with van der Waals surface area (Å²) in [6.07, 6.45) is 1.51. The van der Waals surface area contributed by atoms with E-state index in [9.17, 15) is 20.0 Å². The van der Waals surface area contributed by atoms with Crippen molar-refractivity contribution in [2.24, 2.45) is 11.8 Å². The first kappa shape index (κ1) is 21.8. The molecule has 3 heterocycles. The molecule has 1 aromatic carbocycles. The third kappa shape index (κ3) is 3.46. The van der Waals surface area contributed by atoms with Crippen LogP contribution in [-0.4, -0.2) is 58.5 Å². The van der Waals surface area contributed by atoms with Crippen molar-refractivity contribution in [1.82, 2.24) is 9.47 Å². The number of aromatic carboxylic acids is 1. The van der Waals surface area contributed by atoms with Crippen LogP contribution in [0, 0.1) is 23.2 Å². The lowest BCUT2D eigenvalue weighted by Gasteiger charge is -2.28. The van der Waals surface area contributed by atoms with Gasteiger partial charge < -0.3 is 24.0 Å². The zero-order valence-electron chi connectivity index (χ0n) is 19.2. The Morgan fingerprint density at radius 2 is 1.85 bits per heavy atom. The van der Waals surface area contributed by atoms with Crippen LogP contribution in [0.4, 0.5) is 4.79 Å². The summed E-state index contributed by atoms with van der Waals surface area (Å²) in [6, 6.07) is 10.2. The van der Waals surface area contributed by atoms with Gasteiger partial charge in [0.05, 0.1) is 11.6 Å². The first-order chi connectivity index (χ1) is 15.7. The highest BCUT2D eigenvalue weighted by molar-refractivity contribution is 5.95. The Labute approximate surface area is 192 Å². The predicted molar refractivity (Wildman–Crippen MR) is 120 cm³/mol. The highest BCUT2D eigenvalue weighted by Gasteiger charge is 2.72. The van der Waals surface area contributed by atoms with E-state index in [2.05, 4.69) is 18.2 Å². The number of carbonyl (C=O) groups is 2. The van der Waals surface area contributed by atoms with Crippen LogP contribution in [0.3, 0.4) is 0 Å². The summed E-state index contributed by atoms with van der Waals surface area (Å²) in [6.45, 7) is 7.69. The summed E-state index contributed by atoms with van der Waals surface area (Å²) >= 11 is 0. The SMILES string of the molecule is CC(C)(C)OC(=O)N1C[C@@H]2[C@H](C1)C2(C#N)n1c(C(=O)O)cc2cc(C3CCOCC3)ccc21. The maximum absolute atomic E-state index is 12.5. The number of hydrogen-bond acceptors (Lipinski definition) is 5. The van der Waals surface area contributed by atoms with Crippen LogP contribution in [0.25, 0.3) is 10.9 Å². The molecule has 1 saturated carbocycles. The lowest BCUT2D eigenvalue weighted by molar-refractivity contribution is 0.0258. The van der Waals surface area contributed by atoms with E-state index in [1.54, 1.807) is 15.5 Å². The van der Waals surface area contributed by atoms with Crippen LogP contribution in [0.15, 0.2) is 24.3 Å². The van der Waals surface area contributed by atoms with Crippen molar-refractivity contribution >= 4 is 23.0 Å². The van der Waals surface area contributed by atoms with E-state index in [-0.39, 0.29) is 17.5 Å². The van der Waals surface area contributed by atoms with Crippen molar-refractivity contribution in [2.75, 3.05) is 26.3 Å². The third-order valence-corrected chi connectivity index (χ3v) is 7.28. The number of ether oxygens (including phenoxy) is 2. The summed E-state index contributed by atoms with van der Waals surface area (Å²) < 4.78 is 12.7. The Balaban J connectivity index is 1.48. The molecule has 2 aliphatic heterocycles. The van der Waals surface area contributed by atoms with E-state index in [0.717, 1.165) is 37.0 Å². The molecule has 1 N–H and O–H groups in total. The first-order valence-corrected chi connectivity index (χ1v) is 11.5. The van der Waals surface area contributed by atoms with Crippen molar-refractivity contribution in [3.8, 4) is 6.07 Å². The summed E-state index contributed by atoms with van der Waals surface area (Å²) in [5.41, 5.74) is 0.495. The Morgan fingerprint density at radius 3 is 2.42 bits per heavy atom. The number of aromatic nitrogens is 1. The number of amides is 1. The van der Waals surface area contributed by atoms with E-state index < -0.39 is 23.2 Å². The number of rotatable bonds is 3. The maximum atomic E-state index is 12.5. The van der Waals surface area contributed by atoms with Crippen LogP contribution in [0.1, 0.15) is 55.6 Å². The number of carbonyl (C=O) groups excluding carboxylic acids is 1. The molecule has 174 valence electrons. The fourth-order valence-corrected chi connectivity index (χ4v) is 5.70. The number of hydrogen-bond donors (Lipinski definition) is 1. The average molecular weight is 452 g/mol. The molecule has 2 aromatic rings. The predicted octanol–water partition coefficient (Wildman–Crippen LogP) is 3.95. The third-order valence-electron chi connectivity index (χ3n) is 7.28. The highest BCUT2D eigenvalue weighted by Crippen LogP contribution is 2.61. The van der Waals surface area contributed by atoms with Gasteiger partial charge in [0.2, 0.25) is 0 Å². The number of carboxylic acids is 1. The molecule has 8 nitrogen and oxygen atoms in total. The average Bonchev–Trinajstić information content (AvgIpc) is 3.11. The first-order valence-electron chi connectivity index (χ1n) is 11.5. The standard InChI is InChI=1S/C25H29N3O5/c1-24(2,3)33-23(31)27-12-18-19(13-27)25(18,14-26)28-20-5-4-16(15-6-8-32-9-7-15)10-17(20)11-21(28)22(29)30/h4-5,10-11,15,18-19H,6-9,12-13H2,1-3H3,(H,29,30)/t18-,19+,25?. The molecule has 8 heteroatoms. The van der Waals surface area contributed by atoms with Gasteiger partial charge in [-0.25, -0.2) is 9.59 Å². The number of nitriles is 1. The minimum atomic E-state index is -1.05. The van der Waals surface area contributed by atoms with Crippen LogP contribution >= 0.6 is 0 Å². The van der Waals surface area contributed by atoms with Crippen molar-refractivity contribution in [2.45, 2.75) is 50.7 Å². The molecule has 1 unspecified atom stereocenters. The van der Waals surface area contributed by atoms with E-state index in [0.29, 0.717) is 19.0 Å². The lowest BCUT2D eigenvalue weighted by Crippen LogP contribution is -2.40. The molecule has 3 atom stereocenters. The lowest BCUT2D eigenvalue weighted by atomic mass is 9.91. The minimum Gasteiger partial charge on any atom is -0.477 e. The zero-order chi connectivity index (χ0) is 23.5. The normalized spacial score (nSPS) is 27.3. The summed E-state index contributed by atoms with van der Waals surface area (Å²) in [7, 11) is 0. The van der Waals surface area contributed by atoms with Crippen LogP contribution in [0.2, 0.25) is 0 Å². The fourth-order valence-electron chi connectivity index (χ4n) is 5.70. The highest BCUT2D eigenvalue weighted by atomic mass is 16.6. The maximum Gasteiger partial charge on any atom is 0.410 e. The largest absolute Gasteiger partial charge is 0.477 e. The molecule has 0 bridgehead atoms. The number of fused-ring (bicyclic) bond motifs is 2. The topological polar surface area (TPSA) is 105 Å². The van der Waals surface area contributed by atoms with Gasteiger partial charge in [-0.2, -0.15) is 5.26 Å². The fraction of sp³-hybridized carbons (Fsp3) is 0.560. The number of carboxylic acid groups (broad SMARTS) is 1. The van der Waals surface area contributed by atoms with Gasteiger partial charge in [0, 0.05) is 43.5 Å². The van der Waals surface area contributed by atoms with E-state index >= 15 is 0 Å².